The second-order valence-electron chi connectivity index (χ2n) is 18.8. The smallest absolute Gasteiger partial charge is 0.343 e. The lowest BCUT2D eigenvalue weighted by Crippen LogP contribution is -2.55. The lowest BCUT2D eigenvalue weighted by atomic mass is 9.86. The van der Waals surface area contributed by atoms with Crippen LogP contribution in [-0.2, 0) is 57.3 Å². The largest absolute Gasteiger partial charge is 0.458 e. The van der Waals surface area contributed by atoms with Gasteiger partial charge in [0.05, 0.1) is 46.8 Å². The van der Waals surface area contributed by atoms with Crippen LogP contribution in [0, 0.1) is 17.8 Å². The van der Waals surface area contributed by atoms with Gasteiger partial charge in [0, 0.05) is 52.9 Å². The van der Waals surface area contributed by atoms with E-state index >= 15 is 0 Å². The first kappa shape index (κ1) is 54.3. The Morgan fingerprint density at radius 2 is 1.71 bits per heavy atom. The van der Waals surface area contributed by atoms with Crippen LogP contribution in [0.3, 0.4) is 0 Å². The Balaban J connectivity index is 1.01. The molecule has 0 radical (unpaired) electrons. The highest BCUT2D eigenvalue weighted by molar-refractivity contribution is 8.02. The molecule has 6 heterocycles. The van der Waals surface area contributed by atoms with E-state index in [2.05, 4.69) is 61.8 Å². The number of benzene rings is 1. The van der Waals surface area contributed by atoms with Gasteiger partial charge in [0.2, 0.25) is 38.6 Å². The van der Waals surface area contributed by atoms with Gasteiger partial charge < -0.3 is 40.6 Å². The van der Waals surface area contributed by atoms with E-state index in [1.807, 2.05) is 11.5 Å². The van der Waals surface area contributed by atoms with E-state index in [0.717, 1.165) is 66.6 Å². The molecule has 1 aromatic carbocycles. The van der Waals surface area contributed by atoms with Crippen molar-refractivity contribution < 1.29 is 42.2 Å². The third-order valence-electron chi connectivity index (χ3n) is 13.1. The van der Waals surface area contributed by atoms with Crippen molar-refractivity contribution >= 4 is 73.9 Å². The molecule has 0 unspecified atom stereocenters. The van der Waals surface area contributed by atoms with Crippen LogP contribution in [-0.4, -0.2) is 112 Å². The summed E-state index contributed by atoms with van der Waals surface area (Å²) >= 11 is 1.39. The Labute approximate surface area is 429 Å². The molecule has 0 spiro atoms. The van der Waals surface area contributed by atoms with Crippen molar-refractivity contribution in [2.24, 2.45) is 5.92 Å². The zero-order chi connectivity index (χ0) is 52.6. The second kappa shape index (κ2) is 23.6. The number of pyridine rings is 2. The normalized spacial score (nSPS) is 16.2. The Morgan fingerprint density at radius 1 is 0.973 bits per heavy atom. The average molecular weight is 1040 g/mol. The number of nitrogens with zero attached hydrogens (tertiary/aromatic N) is 5. The first-order chi connectivity index (χ1) is 34.9. The molecule has 21 heteroatoms. The van der Waals surface area contributed by atoms with Crippen molar-refractivity contribution in [3.8, 4) is 23.2 Å². The summed E-state index contributed by atoms with van der Waals surface area (Å²) in [4.78, 5) is 96.9. The predicted molar refractivity (Wildman–Crippen MR) is 276 cm³/mol. The molecule has 3 aliphatic heterocycles. The molecule has 0 saturated carbocycles. The van der Waals surface area contributed by atoms with Crippen LogP contribution in [0.1, 0.15) is 120 Å². The number of amides is 4. The zero-order valence-electron chi connectivity index (χ0n) is 42.1. The second-order valence-corrected chi connectivity index (χ2v) is 21.7. The van der Waals surface area contributed by atoms with E-state index in [-0.39, 0.29) is 59.7 Å². The topological polar surface area (TPSA) is 261 Å². The van der Waals surface area contributed by atoms with Crippen molar-refractivity contribution in [1.29, 1.82) is 0 Å². The Kier molecular flexibility index (Phi) is 17.6. The molecule has 4 aromatic rings. The fourth-order valence-corrected chi connectivity index (χ4v) is 10.7. The standard InChI is InChI=1S/C52H63N9O10S2/c1-7-21-60(22-8-2)23-14-13-16-39(58-48(65)44(31(4)5)59-41(62)17-12-10-11-15-32-26-54-51(55-27-32)73(6,69)70)47(64)53-28-42(63)56-38-19-18-37-43-33(20-24-72-46(38)43)34-29-61-40(45(34)57-37)25-36-35(49(61)66)30-71-50(67)52(36,68)9-3/h18-20,24-27,31,39,44,68H,7-10,12-14,16-17,21-23,28-30H2,1-6H3,(H,53,64)(H,56,63)(H,58,65)(H,59,62)/t39-,44-,52-/m0/s1. The molecule has 3 aromatic heterocycles. The molecule has 3 atom stereocenters. The molecular weight excluding hydrogens is 975 g/mol. The van der Waals surface area contributed by atoms with E-state index in [1.54, 1.807) is 43.5 Å². The Morgan fingerprint density at radius 3 is 2.40 bits per heavy atom. The number of cyclic esters (lactones) is 1. The third kappa shape index (κ3) is 12.3. The first-order valence-corrected chi connectivity index (χ1v) is 27.6. The van der Waals surface area contributed by atoms with Crippen molar-refractivity contribution in [3.05, 3.63) is 74.2 Å². The Hall–Kier alpha value is -6.47. The molecule has 73 heavy (non-hydrogen) atoms. The molecule has 0 fully saturated rings. The number of ether oxygens (including phenoxy) is 1. The maximum atomic E-state index is 13.9. The van der Waals surface area contributed by atoms with Gasteiger partial charge in [-0.3, -0.25) is 24.0 Å². The van der Waals surface area contributed by atoms with Crippen molar-refractivity contribution in [2.75, 3.05) is 37.8 Å². The van der Waals surface area contributed by atoms with Gasteiger partial charge in [-0.05, 0) is 106 Å². The summed E-state index contributed by atoms with van der Waals surface area (Å²) in [5.41, 5.74) is 2.29. The molecule has 0 aliphatic carbocycles. The van der Waals surface area contributed by atoms with Gasteiger partial charge in [0.25, 0.3) is 5.56 Å². The van der Waals surface area contributed by atoms with Gasteiger partial charge in [0.1, 0.15) is 18.7 Å². The molecule has 4 amide bonds. The number of carbonyl (C=O) groups excluding carboxylic acids is 5. The highest BCUT2D eigenvalue weighted by Gasteiger charge is 2.45. The molecule has 0 saturated heterocycles. The summed E-state index contributed by atoms with van der Waals surface area (Å²) in [5.74, 6) is 2.70. The minimum atomic E-state index is -3.54. The number of nitrogens with one attached hydrogen (secondary N) is 4. The SMILES string of the molecule is CCCN(CCC)CCCC[C@H](NC(=O)[C@@H](NC(=O)CCCC#Cc1cnc(S(C)(=O)=O)nc1)C(C)C)C(=O)NCC(=O)Nc1ccc2nc3c(c4c2c1SC=C4)Cn1c-3cc2c(c1=O)COC(=O)[C@]2(O)CC. The monoisotopic (exact) mass is 1040 g/mol. The van der Waals surface area contributed by atoms with E-state index in [1.165, 1.54) is 24.2 Å². The zero-order valence-corrected chi connectivity index (χ0v) is 43.7. The van der Waals surface area contributed by atoms with Gasteiger partial charge in [-0.15, -0.1) is 0 Å². The van der Waals surface area contributed by atoms with Crippen molar-refractivity contribution in [3.63, 3.8) is 0 Å². The lowest BCUT2D eigenvalue weighted by Gasteiger charge is -2.31. The molecule has 3 aliphatic rings. The summed E-state index contributed by atoms with van der Waals surface area (Å²) in [7, 11) is -3.54. The van der Waals surface area contributed by atoms with Crippen LogP contribution < -0.4 is 26.8 Å². The van der Waals surface area contributed by atoms with Crippen LogP contribution in [0.4, 0.5) is 5.69 Å². The number of aliphatic hydroxyl groups is 1. The number of esters is 1. The molecule has 19 nitrogen and oxygen atoms in total. The fraction of sp³-hybridized carbons (Fsp3) is 0.481. The van der Waals surface area contributed by atoms with Crippen LogP contribution in [0.2, 0.25) is 0 Å². The van der Waals surface area contributed by atoms with Crippen molar-refractivity contribution in [1.82, 2.24) is 40.4 Å². The van der Waals surface area contributed by atoms with Crippen LogP contribution in [0.25, 0.3) is 28.4 Å². The van der Waals surface area contributed by atoms with Crippen molar-refractivity contribution in [2.45, 2.75) is 133 Å². The number of unbranched alkanes of at least 4 members (excludes halogenated alkanes) is 2. The third-order valence-corrected chi connectivity index (χ3v) is 14.9. The van der Waals surface area contributed by atoms with Gasteiger partial charge in [-0.2, -0.15) is 0 Å². The maximum Gasteiger partial charge on any atom is 0.343 e. The molecule has 7 rings (SSSR count). The number of sulfone groups is 1. The van der Waals surface area contributed by atoms with E-state index < -0.39 is 57.8 Å². The summed E-state index contributed by atoms with van der Waals surface area (Å²) < 4.78 is 30.1. The minimum Gasteiger partial charge on any atom is -0.458 e. The summed E-state index contributed by atoms with van der Waals surface area (Å²) in [6.07, 6.45) is 10.1. The number of hydrogen-bond donors (Lipinski definition) is 5. The number of aromatic nitrogens is 4. The van der Waals surface area contributed by atoms with Gasteiger partial charge in [-0.1, -0.05) is 58.2 Å². The van der Waals surface area contributed by atoms with Gasteiger partial charge >= 0.3 is 5.97 Å². The van der Waals surface area contributed by atoms with E-state index in [9.17, 15) is 42.3 Å². The highest BCUT2D eigenvalue weighted by Crippen LogP contribution is 2.46. The summed E-state index contributed by atoms with van der Waals surface area (Å²) in [5, 5.41) is 25.1. The van der Waals surface area contributed by atoms with E-state index in [0.29, 0.717) is 53.8 Å². The minimum absolute atomic E-state index is 0.0245. The summed E-state index contributed by atoms with van der Waals surface area (Å²) in [6.45, 7) is 11.8. The number of hydrogen-bond acceptors (Lipinski definition) is 15. The molecule has 5 N–H and O–H groups in total. The number of thioether (sulfide) groups is 1. The lowest BCUT2D eigenvalue weighted by molar-refractivity contribution is -0.172. The predicted octanol–water partition coefficient (Wildman–Crippen LogP) is 4.54. The summed E-state index contributed by atoms with van der Waals surface area (Å²) in [6, 6.07) is 3.21. The Bertz CT molecular complexity index is 3070. The number of anilines is 1. The maximum absolute atomic E-state index is 13.9. The number of rotatable bonds is 22. The van der Waals surface area contributed by atoms with Crippen LogP contribution in [0.15, 0.2) is 50.8 Å². The van der Waals surface area contributed by atoms with Crippen LogP contribution in [0.5, 0.6) is 0 Å². The van der Waals surface area contributed by atoms with Gasteiger partial charge in [-0.25, -0.2) is 28.2 Å². The first-order valence-electron chi connectivity index (χ1n) is 24.8. The van der Waals surface area contributed by atoms with E-state index in [4.69, 9.17) is 9.72 Å². The molecule has 0 bridgehead atoms. The highest BCUT2D eigenvalue weighted by atomic mass is 32.2. The number of fused-ring (bicyclic) bond motifs is 5. The average Bonchev–Trinajstić information content (AvgIpc) is 3.74. The fourth-order valence-electron chi connectivity index (χ4n) is 9.27. The van der Waals surface area contributed by atoms with Crippen LogP contribution >= 0.6 is 11.8 Å². The molecule has 388 valence electrons. The number of carbonyl (C=O) groups is 5. The van der Waals surface area contributed by atoms with Gasteiger partial charge in [0.15, 0.2) is 5.60 Å². The quantitative estimate of drug-likeness (QED) is 0.0276. The molecular formula is C52H63N9O10S2.